The topological polar surface area (TPSA) is 106 Å². The molecule has 0 aliphatic carbocycles. The van der Waals surface area contributed by atoms with Crippen LogP contribution in [0.2, 0.25) is 0 Å². The van der Waals surface area contributed by atoms with Gasteiger partial charge in [0.05, 0.1) is 11.1 Å². The number of fused-ring (bicyclic) bond motifs is 1. The van der Waals surface area contributed by atoms with Crippen LogP contribution in [0.3, 0.4) is 0 Å². The zero-order chi connectivity index (χ0) is 13.1. The van der Waals surface area contributed by atoms with Crippen LogP contribution in [-0.4, -0.2) is 20.2 Å². The molecular weight excluding hydrogens is 228 g/mol. The van der Waals surface area contributed by atoms with Crippen molar-refractivity contribution in [2.75, 3.05) is 5.73 Å². The highest BCUT2D eigenvalue weighted by molar-refractivity contribution is 5.97. The van der Waals surface area contributed by atoms with Crippen LogP contribution in [0.25, 0.3) is 16.6 Å². The number of hydrogen-bond donors (Lipinski definition) is 3. The van der Waals surface area contributed by atoms with Crippen molar-refractivity contribution in [2.24, 2.45) is 5.73 Å². The van der Waals surface area contributed by atoms with Crippen molar-refractivity contribution >= 4 is 22.4 Å². The molecule has 92 valence electrons. The van der Waals surface area contributed by atoms with Crippen LogP contribution in [0.4, 0.5) is 5.82 Å². The fraction of sp³-hybridized carbons (Fsp3) is 0.0833. The lowest BCUT2D eigenvalue weighted by Gasteiger charge is -2.01. The monoisotopic (exact) mass is 242 g/mol. The lowest BCUT2D eigenvalue weighted by atomic mass is 10.1. The molecule has 0 aliphatic rings. The molecule has 0 unspecified atom stereocenters. The van der Waals surface area contributed by atoms with E-state index in [0.29, 0.717) is 22.5 Å². The number of rotatable bonds is 3. The van der Waals surface area contributed by atoms with Gasteiger partial charge in [-0.25, -0.2) is 9.97 Å². The van der Waals surface area contributed by atoms with E-state index in [1.165, 1.54) is 6.33 Å². The standard InChI is InChI=1S/C12H14N6/c1-3-4-8(5-7(2)13)10-9-11(14)15-6-16-12(9)18-17-10/h3-6H,2,13H2,1H3,(H3,14,15,16,17,18)/b4-3-,8-5+. The summed E-state index contributed by atoms with van der Waals surface area (Å²) < 4.78 is 0. The zero-order valence-electron chi connectivity index (χ0n) is 10.0. The molecule has 0 fully saturated rings. The second-order valence-corrected chi connectivity index (χ2v) is 3.73. The molecule has 0 spiro atoms. The van der Waals surface area contributed by atoms with E-state index in [4.69, 9.17) is 11.5 Å². The first-order valence-electron chi connectivity index (χ1n) is 5.37. The Kier molecular flexibility index (Phi) is 3.09. The van der Waals surface area contributed by atoms with Gasteiger partial charge in [0.2, 0.25) is 0 Å². The Morgan fingerprint density at radius 1 is 1.44 bits per heavy atom. The first kappa shape index (κ1) is 11.8. The predicted molar refractivity (Wildman–Crippen MR) is 72.2 cm³/mol. The number of anilines is 1. The highest BCUT2D eigenvalue weighted by Gasteiger charge is 2.12. The van der Waals surface area contributed by atoms with Gasteiger partial charge >= 0.3 is 0 Å². The van der Waals surface area contributed by atoms with E-state index in [2.05, 4.69) is 26.7 Å². The van der Waals surface area contributed by atoms with Crippen LogP contribution in [0.5, 0.6) is 0 Å². The molecule has 2 heterocycles. The van der Waals surface area contributed by atoms with E-state index in [1.54, 1.807) is 6.08 Å². The first-order chi connectivity index (χ1) is 8.63. The summed E-state index contributed by atoms with van der Waals surface area (Å²) >= 11 is 0. The molecule has 5 N–H and O–H groups in total. The second-order valence-electron chi connectivity index (χ2n) is 3.73. The molecule has 0 saturated heterocycles. The minimum absolute atomic E-state index is 0.377. The second kappa shape index (κ2) is 4.70. The van der Waals surface area contributed by atoms with E-state index >= 15 is 0 Å². The minimum atomic E-state index is 0.377. The quantitative estimate of drug-likeness (QED) is 0.705. The first-order valence-corrected chi connectivity index (χ1v) is 5.37. The highest BCUT2D eigenvalue weighted by Crippen LogP contribution is 2.26. The lowest BCUT2D eigenvalue weighted by Crippen LogP contribution is -1.95. The molecule has 2 rings (SSSR count). The van der Waals surface area contributed by atoms with Crippen molar-refractivity contribution in [1.29, 1.82) is 0 Å². The molecule has 2 aromatic rings. The molecule has 0 aliphatic heterocycles. The van der Waals surface area contributed by atoms with Crippen LogP contribution in [0.1, 0.15) is 12.6 Å². The van der Waals surface area contributed by atoms with Gasteiger partial charge in [-0.05, 0) is 13.0 Å². The summed E-state index contributed by atoms with van der Waals surface area (Å²) in [5.74, 6) is 0.377. The fourth-order valence-electron chi connectivity index (χ4n) is 1.67. The molecule has 0 amide bonds. The van der Waals surface area contributed by atoms with Crippen molar-refractivity contribution in [2.45, 2.75) is 6.92 Å². The molecule has 0 aromatic carbocycles. The van der Waals surface area contributed by atoms with Crippen molar-refractivity contribution < 1.29 is 0 Å². The van der Waals surface area contributed by atoms with E-state index in [-0.39, 0.29) is 0 Å². The Bertz CT molecular complexity index is 650. The molecule has 18 heavy (non-hydrogen) atoms. The number of nitrogen functional groups attached to an aromatic ring is 1. The molecular formula is C12H14N6. The molecule has 2 aromatic heterocycles. The van der Waals surface area contributed by atoms with E-state index in [0.717, 1.165) is 11.3 Å². The summed E-state index contributed by atoms with van der Waals surface area (Å²) in [5, 5.41) is 7.67. The number of nitrogens with one attached hydrogen (secondary N) is 1. The van der Waals surface area contributed by atoms with Crippen LogP contribution in [-0.2, 0) is 0 Å². The third kappa shape index (κ3) is 2.08. The Balaban J connectivity index is 2.69. The molecule has 0 atom stereocenters. The molecule has 6 heteroatoms. The maximum Gasteiger partial charge on any atom is 0.186 e. The third-order valence-electron chi connectivity index (χ3n) is 2.36. The largest absolute Gasteiger partial charge is 0.399 e. The maximum atomic E-state index is 5.85. The third-order valence-corrected chi connectivity index (χ3v) is 2.36. The van der Waals surface area contributed by atoms with Crippen molar-refractivity contribution in [1.82, 2.24) is 20.2 Å². The van der Waals surface area contributed by atoms with Crippen LogP contribution in [0, 0.1) is 0 Å². The van der Waals surface area contributed by atoms with Gasteiger partial charge in [0, 0.05) is 11.3 Å². The smallest absolute Gasteiger partial charge is 0.186 e. The summed E-state index contributed by atoms with van der Waals surface area (Å²) in [7, 11) is 0. The highest BCUT2D eigenvalue weighted by atomic mass is 15.2. The number of nitrogens with zero attached hydrogens (tertiary/aromatic N) is 3. The Morgan fingerprint density at radius 2 is 2.22 bits per heavy atom. The molecule has 6 nitrogen and oxygen atoms in total. The SMILES string of the molecule is C=C(N)/C=C(\C=C/C)c1[nH]nc2ncnc(N)c12. The summed E-state index contributed by atoms with van der Waals surface area (Å²) in [5.41, 5.74) is 14.0. The summed E-state index contributed by atoms with van der Waals surface area (Å²) in [6, 6.07) is 0. The minimum Gasteiger partial charge on any atom is -0.399 e. The summed E-state index contributed by atoms with van der Waals surface area (Å²) in [6.45, 7) is 5.57. The normalized spacial score (nSPS) is 12.4. The van der Waals surface area contributed by atoms with Crippen LogP contribution < -0.4 is 11.5 Å². The number of hydrogen-bond acceptors (Lipinski definition) is 5. The number of aromatic nitrogens is 4. The molecule has 0 radical (unpaired) electrons. The Morgan fingerprint density at radius 3 is 2.89 bits per heavy atom. The van der Waals surface area contributed by atoms with Gasteiger partial charge < -0.3 is 11.5 Å². The van der Waals surface area contributed by atoms with E-state index in [1.807, 2.05) is 19.1 Å². The Hall–Kier alpha value is -2.63. The number of H-pyrrole nitrogens is 1. The van der Waals surface area contributed by atoms with Gasteiger partial charge in [0.15, 0.2) is 5.65 Å². The number of aromatic amines is 1. The van der Waals surface area contributed by atoms with Crippen molar-refractivity contribution in [3.63, 3.8) is 0 Å². The van der Waals surface area contributed by atoms with Crippen LogP contribution >= 0.6 is 0 Å². The van der Waals surface area contributed by atoms with Gasteiger partial charge in [-0.1, -0.05) is 18.7 Å². The number of nitrogens with two attached hydrogens (primary N) is 2. The van der Waals surface area contributed by atoms with Gasteiger partial charge in [-0.2, -0.15) is 5.10 Å². The number of allylic oxidation sites excluding steroid dienone is 4. The molecule has 0 saturated carbocycles. The van der Waals surface area contributed by atoms with Gasteiger partial charge in [0.1, 0.15) is 12.1 Å². The summed E-state index contributed by atoms with van der Waals surface area (Å²) in [4.78, 5) is 8.01. The van der Waals surface area contributed by atoms with Crippen molar-refractivity contribution in [3.8, 4) is 0 Å². The summed E-state index contributed by atoms with van der Waals surface area (Å²) in [6.07, 6.45) is 6.89. The van der Waals surface area contributed by atoms with Gasteiger partial charge in [0.25, 0.3) is 0 Å². The van der Waals surface area contributed by atoms with Crippen molar-refractivity contribution in [3.05, 3.63) is 42.5 Å². The van der Waals surface area contributed by atoms with Gasteiger partial charge in [-0.3, -0.25) is 5.10 Å². The Labute approximate surface area is 104 Å². The maximum absolute atomic E-state index is 5.85. The lowest BCUT2D eigenvalue weighted by molar-refractivity contribution is 1.08. The predicted octanol–water partition coefficient (Wildman–Crippen LogP) is 1.37. The molecule has 0 bridgehead atoms. The zero-order valence-corrected chi connectivity index (χ0v) is 10.0. The average molecular weight is 242 g/mol. The van der Waals surface area contributed by atoms with Crippen LogP contribution in [0.15, 0.2) is 36.8 Å². The van der Waals surface area contributed by atoms with Gasteiger partial charge in [-0.15, -0.1) is 0 Å². The van der Waals surface area contributed by atoms with E-state index < -0.39 is 0 Å². The fourth-order valence-corrected chi connectivity index (χ4v) is 1.67. The van der Waals surface area contributed by atoms with E-state index in [9.17, 15) is 0 Å². The average Bonchev–Trinajstić information content (AvgIpc) is 2.73.